The van der Waals surface area contributed by atoms with Gasteiger partial charge >= 0.3 is 0 Å². The van der Waals surface area contributed by atoms with Gasteiger partial charge < -0.3 is 0 Å². The van der Waals surface area contributed by atoms with Gasteiger partial charge in [0.1, 0.15) is 0 Å². The Hall–Kier alpha value is -0.0166. The maximum atomic E-state index is 9.97. The average Bonchev–Trinajstić information content (AvgIpc) is 2.18. The summed E-state index contributed by atoms with van der Waals surface area (Å²) in [5.41, 5.74) is 0. The van der Waals surface area contributed by atoms with Crippen LogP contribution >= 0.6 is 0 Å². The van der Waals surface area contributed by atoms with E-state index in [4.69, 9.17) is 0 Å². The Morgan fingerprint density at radius 2 is 1.47 bits per heavy atom. The summed E-state index contributed by atoms with van der Waals surface area (Å²) in [5.74, 6) is 0. The Morgan fingerprint density at radius 3 is 1.80 bits per heavy atom. The van der Waals surface area contributed by atoms with E-state index in [1.54, 1.807) is 5.06 Å². The van der Waals surface area contributed by atoms with Gasteiger partial charge in [-0.15, -0.1) is 9.97 Å². The summed E-state index contributed by atoms with van der Waals surface area (Å²) in [7, 11) is 0. The van der Waals surface area contributed by atoms with Crippen LogP contribution in [0.1, 0.15) is 52.4 Å². The summed E-state index contributed by atoms with van der Waals surface area (Å²) in [4.78, 5) is 14.6. The molecule has 0 saturated carbocycles. The van der Waals surface area contributed by atoms with E-state index in [0.717, 1.165) is 25.9 Å². The molecule has 0 amide bonds. The first kappa shape index (κ1) is 17.4. The smallest absolute Gasteiger partial charge is 0.176 e. The maximum absolute atomic E-state index is 9.97. The third-order valence-electron chi connectivity index (χ3n) is 2.17. The van der Waals surface area contributed by atoms with Gasteiger partial charge in [0.05, 0.1) is 0 Å². The fourth-order valence-electron chi connectivity index (χ4n) is 1.32. The number of hydroxylamine groups is 2. The zero-order valence-electron chi connectivity index (χ0n) is 9.72. The molecule has 15 heavy (non-hydrogen) atoms. The monoisotopic (exact) mass is 304 g/mol. The number of hydrogen-bond donors (Lipinski definition) is 0. The van der Waals surface area contributed by atoms with Gasteiger partial charge in [-0.25, -0.2) is 0 Å². The molecule has 0 radical (unpaired) electrons. The van der Waals surface area contributed by atoms with E-state index in [-0.39, 0.29) is 19.5 Å². The van der Waals surface area contributed by atoms with Crippen molar-refractivity contribution in [3.8, 4) is 0 Å². The average molecular weight is 303 g/mol. The van der Waals surface area contributed by atoms with Crippen LogP contribution in [0, 0.1) is 4.91 Å². The molecular formula is C10H22N2O2Ru. The second-order valence-corrected chi connectivity index (χ2v) is 3.50. The van der Waals surface area contributed by atoms with Gasteiger partial charge in [-0.1, -0.05) is 39.5 Å². The number of hydrogen-bond acceptors (Lipinski definition) is 4. The number of unbranched alkanes of at least 4 members (excludes halogenated alkanes) is 4. The van der Waals surface area contributed by atoms with Crippen molar-refractivity contribution in [3.63, 3.8) is 0 Å². The standard InChI is InChI=1S/C10H22N2O2.Ru/c1-3-5-7-9-12(14-11-13)10-8-6-4-2;/h3-10H2,1-2H3;. The molecule has 0 aliphatic carbocycles. The van der Waals surface area contributed by atoms with E-state index in [2.05, 4.69) is 24.1 Å². The molecule has 0 aliphatic rings. The van der Waals surface area contributed by atoms with Crippen LogP contribution in [0.2, 0.25) is 0 Å². The van der Waals surface area contributed by atoms with E-state index in [1.165, 1.54) is 25.7 Å². The quantitative estimate of drug-likeness (QED) is 0.269. The van der Waals surface area contributed by atoms with E-state index in [0.29, 0.717) is 0 Å². The molecule has 92 valence electrons. The number of rotatable bonds is 10. The summed E-state index contributed by atoms with van der Waals surface area (Å²) >= 11 is 0. The van der Waals surface area contributed by atoms with Crippen LogP contribution in [-0.2, 0) is 24.4 Å². The summed E-state index contributed by atoms with van der Waals surface area (Å²) in [5, 5.41) is 4.13. The predicted octanol–water partition coefficient (Wildman–Crippen LogP) is 3.28. The molecule has 0 rings (SSSR count). The van der Waals surface area contributed by atoms with Crippen molar-refractivity contribution >= 4 is 0 Å². The number of nitrogens with zero attached hydrogens (tertiary/aromatic N) is 2. The van der Waals surface area contributed by atoms with Gasteiger partial charge in [0.2, 0.25) is 0 Å². The van der Waals surface area contributed by atoms with Crippen LogP contribution in [0.15, 0.2) is 5.34 Å². The minimum absolute atomic E-state index is 0. The Bertz CT molecular complexity index is 127. The molecule has 0 aromatic carbocycles. The van der Waals surface area contributed by atoms with E-state index in [9.17, 15) is 4.91 Å². The van der Waals surface area contributed by atoms with Crippen molar-refractivity contribution in [2.75, 3.05) is 13.1 Å². The van der Waals surface area contributed by atoms with Crippen LogP contribution in [0.25, 0.3) is 0 Å². The third-order valence-corrected chi connectivity index (χ3v) is 2.17. The topological polar surface area (TPSA) is 41.9 Å². The van der Waals surface area contributed by atoms with Crippen molar-refractivity contribution in [1.29, 1.82) is 0 Å². The Labute approximate surface area is 105 Å². The first-order valence-electron chi connectivity index (χ1n) is 5.59. The Balaban J connectivity index is 0. The van der Waals surface area contributed by atoms with Crippen LogP contribution in [0.4, 0.5) is 0 Å². The second-order valence-electron chi connectivity index (χ2n) is 3.50. The predicted molar refractivity (Wildman–Crippen MR) is 57.5 cm³/mol. The molecule has 5 heteroatoms. The molecule has 0 aromatic rings. The fourth-order valence-corrected chi connectivity index (χ4v) is 1.32. The van der Waals surface area contributed by atoms with Crippen molar-refractivity contribution in [3.05, 3.63) is 4.91 Å². The molecule has 0 saturated heterocycles. The first-order valence-corrected chi connectivity index (χ1v) is 5.59. The molecule has 0 atom stereocenters. The zero-order valence-corrected chi connectivity index (χ0v) is 11.5. The van der Waals surface area contributed by atoms with Crippen molar-refractivity contribution in [2.24, 2.45) is 5.34 Å². The van der Waals surface area contributed by atoms with Gasteiger partial charge in [-0.3, -0.25) is 4.94 Å². The van der Waals surface area contributed by atoms with E-state index < -0.39 is 0 Å². The largest absolute Gasteiger partial charge is 0.260 e. The van der Waals surface area contributed by atoms with Crippen LogP contribution in [0.5, 0.6) is 0 Å². The fraction of sp³-hybridized carbons (Fsp3) is 1.00. The minimum atomic E-state index is 0. The molecule has 0 spiro atoms. The summed E-state index contributed by atoms with van der Waals surface area (Å²) in [6.45, 7) is 5.92. The Kier molecular flexibility index (Phi) is 16.2. The second kappa shape index (κ2) is 14.0. The van der Waals surface area contributed by atoms with Gasteiger partial charge in [0.15, 0.2) is 5.34 Å². The van der Waals surface area contributed by atoms with Gasteiger partial charge in [0, 0.05) is 32.6 Å². The normalized spacial score (nSPS) is 9.80. The molecule has 0 bridgehead atoms. The van der Waals surface area contributed by atoms with Crippen LogP contribution < -0.4 is 0 Å². The molecule has 0 aromatic heterocycles. The molecule has 0 heterocycles. The van der Waals surface area contributed by atoms with E-state index in [1.807, 2.05) is 0 Å². The molecule has 4 nitrogen and oxygen atoms in total. The summed E-state index contributed by atoms with van der Waals surface area (Å²) < 4.78 is 0. The van der Waals surface area contributed by atoms with Crippen molar-refractivity contribution in [2.45, 2.75) is 52.4 Å². The maximum Gasteiger partial charge on any atom is 0.176 e. The SMILES string of the molecule is CCCCCN(CCCCC)ON=O.[Ru]. The van der Waals surface area contributed by atoms with Crippen molar-refractivity contribution in [1.82, 2.24) is 5.06 Å². The molecule has 0 fully saturated rings. The summed E-state index contributed by atoms with van der Waals surface area (Å²) in [6, 6.07) is 0. The molecule has 0 N–H and O–H groups in total. The summed E-state index contributed by atoms with van der Waals surface area (Å²) in [6.07, 6.45) is 6.84. The van der Waals surface area contributed by atoms with Gasteiger partial charge in [-0.2, -0.15) is 0 Å². The van der Waals surface area contributed by atoms with E-state index >= 15 is 0 Å². The molecule has 0 aliphatic heterocycles. The molecule has 0 unspecified atom stereocenters. The Morgan fingerprint density at radius 1 is 1.00 bits per heavy atom. The van der Waals surface area contributed by atoms with Crippen LogP contribution in [0.3, 0.4) is 0 Å². The zero-order chi connectivity index (χ0) is 10.6. The van der Waals surface area contributed by atoms with Gasteiger partial charge in [0.25, 0.3) is 0 Å². The first-order chi connectivity index (χ1) is 6.85. The molecular weight excluding hydrogens is 281 g/mol. The third kappa shape index (κ3) is 11.9. The van der Waals surface area contributed by atoms with Gasteiger partial charge in [-0.05, 0) is 12.8 Å². The minimum Gasteiger partial charge on any atom is -0.260 e. The van der Waals surface area contributed by atoms with Crippen LogP contribution in [-0.4, -0.2) is 18.2 Å². The van der Waals surface area contributed by atoms with Crippen molar-refractivity contribution < 1.29 is 24.4 Å².